The Bertz CT molecular complexity index is 387. The number of fused-ring (bicyclic) bond motifs is 1. The van der Waals surface area contributed by atoms with Crippen molar-refractivity contribution in [3.63, 3.8) is 0 Å². The number of rotatable bonds is 0. The normalized spacial score (nSPS) is 15.2. The molecule has 0 unspecified atom stereocenters. The molecule has 0 spiro atoms. The monoisotopic (exact) mass is 212 g/mol. The quantitative estimate of drug-likeness (QED) is 0.578. The topological polar surface area (TPSA) is 38.0 Å². The van der Waals surface area contributed by atoms with Crippen molar-refractivity contribution in [2.75, 3.05) is 11.9 Å². The van der Waals surface area contributed by atoms with E-state index >= 15 is 0 Å². The van der Waals surface area contributed by atoms with Gasteiger partial charge in [-0.25, -0.2) is 0 Å². The fourth-order valence-electron chi connectivity index (χ4n) is 1.32. The van der Waals surface area contributed by atoms with Gasteiger partial charge in [0.15, 0.2) is 0 Å². The Hall–Kier alpha value is -0.800. The van der Waals surface area contributed by atoms with Crippen LogP contribution in [0.1, 0.15) is 5.56 Å². The van der Waals surface area contributed by atoms with Crippen molar-refractivity contribution in [1.29, 1.82) is 0 Å². The van der Waals surface area contributed by atoms with Gasteiger partial charge < -0.3 is 11.1 Å². The molecule has 1 aromatic carbocycles. The molecule has 2 rings (SSSR count). The molecule has 2 nitrogen and oxygen atoms in total. The highest BCUT2D eigenvalue weighted by Gasteiger charge is 2.13. The van der Waals surface area contributed by atoms with Crippen LogP contribution < -0.4 is 11.1 Å². The fourth-order valence-corrected chi connectivity index (χ4v) is 1.69. The van der Waals surface area contributed by atoms with Crippen LogP contribution in [0.3, 0.4) is 0 Å². The molecular formula is C9H9ClN2S. The molecule has 0 bridgehead atoms. The Kier molecular flexibility index (Phi) is 2.14. The lowest BCUT2D eigenvalue weighted by Gasteiger charge is -2.19. The van der Waals surface area contributed by atoms with E-state index in [0.29, 0.717) is 17.3 Å². The van der Waals surface area contributed by atoms with Crippen molar-refractivity contribution in [3.05, 3.63) is 33.7 Å². The smallest absolute Gasteiger partial charge is 0.0521 e. The Morgan fingerprint density at radius 1 is 1.46 bits per heavy atom. The minimum absolute atomic E-state index is 0.684. The molecule has 0 aromatic heterocycles. The second kappa shape index (κ2) is 3.16. The fraction of sp³-hybridized carbons (Fsp3) is 0.111. The van der Waals surface area contributed by atoms with E-state index in [2.05, 4.69) is 17.9 Å². The van der Waals surface area contributed by atoms with Gasteiger partial charge in [-0.1, -0.05) is 11.6 Å². The second-order valence-corrected chi connectivity index (χ2v) is 3.88. The van der Waals surface area contributed by atoms with E-state index < -0.39 is 0 Å². The van der Waals surface area contributed by atoms with Gasteiger partial charge in [-0.2, -0.15) is 0 Å². The third-order valence-electron chi connectivity index (χ3n) is 2.03. The summed E-state index contributed by atoms with van der Waals surface area (Å²) in [4.78, 5) is 0.856. The van der Waals surface area contributed by atoms with Crippen molar-refractivity contribution in [1.82, 2.24) is 0 Å². The SMILES string of the molecule is NC1=C(S)CNc2ccc(Cl)cc21. The van der Waals surface area contributed by atoms with Crippen LogP contribution in [0.4, 0.5) is 5.69 Å². The number of nitrogens with one attached hydrogen (secondary N) is 1. The van der Waals surface area contributed by atoms with Crippen molar-refractivity contribution in [3.8, 4) is 0 Å². The highest BCUT2D eigenvalue weighted by Crippen LogP contribution is 2.30. The third-order valence-corrected chi connectivity index (χ3v) is 2.66. The lowest BCUT2D eigenvalue weighted by molar-refractivity contribution is 1.25. The van der Waals surface area contributed by atoms with Crippen molar-refractivity contribution >= 4 is 35.6 Å². The summed E-state index contributed by atoms with van der Waals surface area (Å²) in [6.07, 6.45) is 0. The summed E-state index contributed by atoms with van der Waals surface area (Å²) < 4.78 is 0. The number of nitrogens with two attached hydrogens (primary N) is 1. The summed E-state index contributed by atoms with van der Waals surface area (Å²) in [5.74, 6) is 0. The molecule has 4 heteroatoms. The molecule has 0 radical (unpaired) electrons. The predicted molar refractivity (Wildman–Crippen MR) is 60.0 cm³/mol. The van der Waals surface area contributed by atoms with Crippen LogP contribution in [0.2, 0.25) is 5.02 Å². The number of anilines is 1. The van der Waals surface area contributed by atoms with Gasteiger partial charge >= 0.3 is 0 Å². The molecule has 1 aliphatic rings. The van der Waals surface area contributed by atoms with E-state index in [0.717, 1.165) is 16.2 Å². The Morgan fingerprint density at radius 2 is 2.23 bits per heavy atom. The van der Waals surface area contributed by atoms with E-state index in [1.54, 1.807) is 0 Å². The van der Waals surface area contributed by atoms with Crippen LogP contribution in [-0.2, 0) is 0 Å². The highest BCUT2D eigenvalue weighted by atomic mass is 35.5. The highest BCUT2D eigenvalue weighted by molar-refractivity contribution is 7.84. The van der Waals surface area contributed by atoms with Crippen molar-refractivity contribution < 1.29 is 0 Å². The van der Waals surface area contributed by atoms with E-state index in [9.17, 15) is 0 Å². The first-order valence-electron chi connectivity index (χ1n) is 3.90. The molecule has 1 aliphatic heterocycles. The maximum Gasteiger partial charge on any atom is 0.0521 e. The van der Waals surface area contributed by atoms with Crippen molar-refractivity contribution in [2.45, 2.75) is 0 Å². The lowest BCUT2D eigenvalue weighted by Crippen LogP contribution is -2.15. The van der Waals surface area contributed by atoms with Crippen LogP contribution >= 0.6 is 24.2 Å². The molecule has 1 aromatic rings. The first-order valence-corrected chi connectivity index (χ1v) is 4.72. The zero-order valence-electron chi connectivity index (χ0n) is 6.84. The van der Waals surface area contributed by atoms with E-state index in [1.807, 2.05) is 18.2 Å². The van der Waals surface area contributed by atoms with E-state index in [1.165, 1.54) is 0 Å². The van der Waals surface area contributed by atoms with Gasteiger partial charge in [0.25, 0.3) is 0 Å². The van der Waals surface area contributed by atoms with Crippen molar-refractivity contribution in [2.24, 2.45) is 5.73 Å². The molecule has 0 fully saturated rings. The third kappa shape index (κ3) is 1.49. The maximum absolute atomic E-state index is 5.86. The molecule has 0 amide bonds. The first-order chi connectivity index (χ1) is 6.18. The number of benzene rings is 1. The van der Waals surface area contributed by atoms with Crippen LogP contribution in [0.15, 0.2) is 23.1 Å². The number of halogens is 1. The average molecular weight is 213 g/mol. The molecule has 68 valence electrons. The molecule has 13 heavy (non-hydrogen) atoms. The first kappa shape index (κ1) is 8.78. The summed E-state index contributed by atoms with van der Waals surface area (Å²) >= 11 is 10.1. The van der Waals surface area contributed by atoms with Gasteiger partial charge in [0, 0.05) is 27.7 Å². The summed E-state index contributed by atoms with van der Waals surface area (Å²) in [6, 6.07) is 5.60. The van der Waals surface area contributed by atoms with Crippen LogP contribution in [0, 0.1) is 0 Å². The molecule has 0 saturated heterocycles. The summed E-state index contributed by atoms with van der Waals surface area (Å²) in [7, 11) is 0. The van der Waals surface area contributed by atoms with Gasteiger partial charge in [0.05, 0.1) is 5.70 Å². The molecule has 3 N–H and O–H groups in total. The minimum Gasteiger partial charge on any atom is -0.397 e. The van der Waals surface area contributed by atoms with Crippen LogP contribution in [-0.4, -0.2) is 6.54 Å². The standard InChI is InChI=1S/C9H9ClN2S/c10-5-1-2-7-6(3-5)9(11)8(13)4-12-7/h1-3,12-13H,4,11H2. The second-order valence-electron chi connectivity index (χ2n) is 2.90. The minimum atomic E-state index is 0.684. The predicted octanol–water partition coefficient (Wildman–Crippen LogP) is 2.32. The Morgan fingerprint density at radius 3 is 3.00 bits per heavy atom. The van der Waals surface area contributed by atoms with Gasteiger partial charge in [-0.15, -0.1) is 12.6 Å². The lowest BCUT2D eigenvalue weighted by atomic mass is 10.1. The van der Waals surface area contributed by atoms with E-state index in [4.69, 9.17) is 17.3 Å². The summed E-state index contributed by atoms with van der Waals surface area (Å²) in [5, 5.41) is 3.88. The Balaban J connectivity index is 2.60. The summed E-state index contributed by atoms with van der Waals surface area (Å²) in [5.41, 5.74) is 8.52. The maximum atomic E-state index is 5.86. The molecule has 1 heterocycles. The van der Waals surface area contributed by atoms with Crippen LogP contribution in [0.5, 0.6) is 0 Å². The van der Waals surface area contributed by atoms with Gasteiger partial charge in [0.1, 0.15) is 0 Å². The zero-order chi connectivity index (χ0) is 9.42. The Labute approximate surface area is 87.2 Å². The largest absolute Gasteiger partial charge is 0.397 e. The van der Waals surface area contributed by atoms with Gasteiger partial charge in [0.2, 0.25) is 0 Å². The van der Waals surface area contributed by atoms with E-state index in [-0.39, 0.29) is 0 Å². The molecule has 0 saturated carbocycles. The van der Waals surface area contributed by atoms with Gasteiger partial charge in [-0.3, -0.25) is 0 Å². The average Bonchev–Trinajstić information content (AvgIpc) is 2.12. The summed E-state index contributed by atoms with van der Waals surface area (Å²) in [6.45, 7) is 0.684. The molecule has 0 atom stereocenters. The molecular weight excluding hydrogens is 204 g/mol. The molecule has 0 aliphatic carbocycles. The number of hydrogen-bond donors (Lipinski definition) is 3. The van der Waals surface area contributed by atoms with Crippen LogP contribution in [0.25, 0.3) is 5.70 Å². The zero-order valence-corrected chi connectivity index (χ0v) is 8.49. The number of hydrogen-bond acceptors (Lipinski definition) is 3. The van der Waals surface area contributed by atoms with Gasteiger partial charge in [-0.05, 0) is 18.2 Å². The number of thiol groups is 1.